The molecule has 0 N–H and O–H groups in total. The van der Waals surface area contributed by atoms with Gasteiger partial charge >= 0.3 is 0 Å². The summed E-state index contributed by atoms with van der Waals surface area (Å²) in [5.74, 6) is 0.444. The molecule has 2 aromatic carbocycles. The van der Waals surface area contributed by atoms with E-state index in [0.29, 0.717) is 21.6 Å². The number of hydrogen-bond acceptors (Lipinski definition) is 4. The van der Waals surface area contributed by atoms with Crippen LogP contribution in [0.1, 0.15) is 27.6 Å². The van der Waals surface area contributed by atoms with Crippen LogP contribution in [0.5, 0.6) is 0 Å². The molecule has 0 spiro atoms. The van der Waals surface area contributed by atoms with Crippen LogP contribution in [0.25, 0.3) is 5.69 Å². The molecule has 3 aromatic rings. The van der Waals surface area contributed by atoms with Gasteiger partial charge in [0, 0.05) is 35.3 Å². The van der Waals surface area contributed by atoms with Crippen LogP contribution in [0.2, 0.25) is 10.0 Å². The maximum absolute atomic E-state index is 12.3. The molecule has 0 saturated carbocycles. The average Bonchev–Trinajstić information content (AvgIpc) is 3.00. The lowest BCUT2D eigenvalue weighted by atomic mass is 10.0. The van der Waals surface area contributed by atoms with E-state index in [9.17, 15) is 4.79 Å². The summed E-state index contributed by atoms with van der Waals surface area (Å²) in [4.78, 5) is 22.8. The minimum absolute atomic E-state index is 0.132. The van der Waals surface area contributed by atoms with E-state index in [0.717, 1.165) is 16.8 Å². The summed E-state index contributed by atoms with van der Waals surface area (Å²) in [5, 5.41) is 5.58. The van der Waals surface area contributed by atoms with Crippen molar-refractivity contribution < 1.29 is 4.79 Å². The van der Waals surface area contributed by atoms with Crippen LogP contribution in [0.3, 0.4) is 0 Å². The monoisotopic (exact) mass is 399 g/mol. The van der Waals surface area contributed by atoms with Crippen molar-refractivity contribution >= 4 is 34.8 Å². The maximum atomic E-state index is 12.3. The number of rotatable bonds is 2. The van der Waals surface area contributed by atoms with Crippen molar-refractivity contribution in [1.82, 2.24) is 19.7 Å². The first-order valence-corrected chi connectivity index (χ1v) is 8.98. The first-order valence-electron chi connectivity index (χ1n) is 8.23. The lowest BCUT2D eigenvalue weighted by Crippen LogP contribution is -2.23. The predicted molar refractivity (Wildman–Crippen MR) is 105 cm³/mol. The molecule has 1 aliphatic heterocycles. The van der Waals surface area contributed by atoms with Crippen LogP contribution >= 0.6 is 23.2 Å². The van der Waals surface area contributed by atoms with Crippen molar-refractivity contribution in [1.29, 1.82) is 0 Å². The van der Waals surface area contributed by atoms with Crippen LogP contribution in [-0.2, 0) is 6.54 Å². The third-order valence-electron chi connectivity index (χ3n) is 4.22. The highest BCUT2D eigenvalue weighted by Crippen LogP contribution is 2.29. The van der Waals surface area contributed by atoms with E-state index in [1.165, 1.54) is 4.90 Å². The zero-order valence-electron chi connectivity index (χ0n) is 14.6. The molecule has 0 atom stereocenters. The Bertz CT molecular complexity index is 1090. The van der Waals surface area contributed by atoms with Gasteiger partial charge in [0.05, 0.1) is 17.9 Å². The minimum Gasteiger partial charge on any atom is -0.342 e. The zero-order valence-corrected chi connectivity index (χ0v) is 16.2. The summed E-state index contributed by atoms with van der Waals surface area (Å²) in [7, 11) is 3.33. The van der Waals surface area contributed by atoms with Crippen molar-refractivity contribution in [2.75, 3.05) is 14.1 Å². The number of aliphatic imine (C=N–C) groups is 1. The molecule has 8 heteroatoms. The largest absolute Gasteiger partial charge is 0.342 e. The molecule has 2 heterocycles. The van der Waals surface area contributed by atoms with Crippen LogP contribution < -0.4 is 0 Å². The molecule has 6 nitrogen and oxygen atoms in total. The number of halogens is 2. The summed E-state index contributed by atoms with van der Waals surface area (Å²) in [6.07, 6.45) is 0. The van der Waals surface area contributed by atoms with E-state index in [1.807, 2.05) is 36.4 Å². The first kappa shape index (κ1) is 17.7. The van der Waals surface area contributed by atoms with Gasteiger partial charge in [0.1, 0.15) is 0 Å². The molecule has 136 valence electrons. The molecular formula is C19H15Cl2N5O. The third-order valence-corrected chi connectivity index (χ3v) is 4.79. The maximum Gasteiger partial charge on any atom is 0.293 e. The third kappa shape index (κ3) is 3.11. The first-order chi connectivity index (χ1) is 13.0. The molecule has 1 aromatic heterocycles. The highest BCUT2D eigenvalue weighted by atomic mass is 35.5. The van der Waals surface area contributed by atoms with Crippen molar-refractivity contribution in [2.45, 2.75) is 6.54 Å². The van der Waals surface area contributed by atoms with E-state index < -0.39 is 0 Å². The lowest BCUT2D eigenvalue weighted by Gasteiger charge is -2.12. The van der Waals surface area contributed by atoms with Gasteiger partial charge in [-0.25, -0.2) is 9.67 Å². The second kappa shape index (κ2) is 6.79. The van der Waals surface area contributed by atoms with Gasteiger partial charge in [-0.2, -0.15) is 0 Å². The Balaban J connectivity index is 1.93. The Morgan fingerprint density at radius 2 is 1.89 bits per heavy atom. The topological polar surface area (TPSA) is 63.4 Å². The number of aromatic nitrogens is 3. The second-order valence-corrected chi connectivity index (χ2v) is 7.11. The molecule has 0 unspecified atom stereocenters. The number of hydrogen-bond donors (Lipinski definition) is 0. The van der Waals surface area contributed by atoms with Crippen molar-refractivity contribution in [3.8, 4) is 5.69 Å². The summed E-state index contributed by atoms with van der Waals surface area (Å²) in [6.45, 7) is 0.264. The Labute approximate surface area is 166 Å². The van der Waals surface area contributed by atoms with Crippen LogP contribution in [-0.4, -0.2) is 45.4 Å². The Morgan fingerprint density at radius 1 is 1.11 bits per heavy atom. The van der Waals surface area contributed by atoms with E-state index >= 15 is 0 Å². The number of amides is 1. The molecule has 0 bridgehead atoms. The molecule has 1 amide bonds. The standard InChI is InChI=1S/C19H15Cl2N5O/c1-25(2)19(27)18-23-16-10-22-17(12-5-3-4-6-14(12)21)13-9-11(20)7-8-15(13)26(16)24-18/h3-9H,10H2,1-2H3. The van der Waals surface area contributed by atoms with Crippen LogP contribution in [0.15, 0.2) is 47.5 Å². The normalized spacial score (nSPS) is 12.7. The van der Waals surface area contributed by atoms with E-state index in [2.05, 4.69) is 10.1 Å². The zero-order chi connectivity index (χ0) is 19.1. The molecule has 0 saturated heterocycles. The molecule has 0 aliphatic carbocycles. The van der Waals surface area contributed by atoms with Crippen LogP contribution in [0.4, 0.5) is 0 Å². The average molecular weight is 400 g/mol. The highest BCUT2D eigenvalue weighted by molar-refractivity contribution is 6.36. The van der Waals surface area contributed by atoms with Gasteiger partial charge in [0.15, 0.2) is 5.82 Å². The predicted octanol–water partition coefficient (Wildman–Crippen LogP) is 3.63. The van der Waals surface area contributed by atoms with Gasteiger partial charge in [0.25, 0.3) is 5.91 Å². The lowest BCUT2D eigenvalue weighted by molar-refractivity contribution is 0.0816. The summed E-state index contributed by atoms with van der Waals surface area (Å²) in [5.41, 5.74) is 3.04. The molecular weight excluding hydrogens is 385 g/mol. The van der Waals surface area contributed by atoms with Crippen molar-refractivity contribution in [2.24, 2.45) is 4.99 Å². The van der Waals surface area contributed by atoms with Crippen molar-refractivity contribution in [3.05, 3.63) is 75.3 Å². The van der Waals surface area contributed by atoms with Gasteiger partial charge in [-0.3, -0.25) is 9.79 Å². The van der Waals surface area contributed by atoms with E-state index in [1.54, 1.807) is 24.8 Å². The second-order valence-electron chi connectivity index (χ2n) is 6.27. The fourth-order valence-corrected chi connectivity index (χ4v) is 3.33. The molecule has 4 rings (SSSR count). The summed E-state index contributed by atoms with van der Waals surface area (Å²) >= 11 is 12.7. The van der Waals surface area contributed by atoms with E-state index in [-0.39, 0.29) is 18.3 Å². The molecule has 1 aliphatic rings. The summed E-state index contributed by atoms with van der Waals surface area (Å²) < 4.78 is 1.65. The SMILES string of the molecule is CN(C)C(=O)c1nc2n(n1)-c1ccc(Cl)cc1C(c1ccccc1Cl)=NC2. The fourth-order valence-electron chi connectivity index (χ4n) is 2.93. The summed E-state index contributed by atoms with van der Waals surface area (Å²) in [6, 6.07) is 12.9. The van der Waals surface area contributed by atoms with Gasteiger partial charge in [-0.15, -0.1) is 5.10 Å². The number of nitrogens with zero attached hydrogens (tertiary/aromatic N) is 5. The number of carbonyl (C=O) groups excluding carboxylic acids is 1. The van der Waals surface area contributed by atoms with Crippen molar-refractivity contribution in [3.63, 3.8) is 0 Å². The Hall–Kier alpha value is -2.70. The minimum atomic E-state index is -0.263. The van der Waals surface area contributed by atoms with E-state index in [4.69, 9.17) is 28.2 Å². The number of carbonyl (C=O) groups is 1. The quantitative estimate of drug-likeness (QED) is 0.660. The van der Waals surface area contributed by atoms with Gasteiger partial charge < -0.3 is 4.90 Å². The number of fused-ring (bicyclic) bond motifs is 3. The fraction of sp³-hybridized carbons (Fsp3) is 0.158. The Kier molecular flexibility index (Phi) is 4.45. The van der Waals surface area contributed by atoms with Gasteiger partial charge in [0.2, 0.25) is 5.82 Å². The Morgan fingerprint density at radius 3 is 2.63 bits per heavy atom. The van der Waals surface area contributed by atoms with Crippen LogP contribution in [0, 0.1) is 0 Å². The van der Waals surface area contributed by atoms with Gasteiger partial charge in [-0.1, -0.05) is 41.4 Å². The number of benzene rings is 2. The molecule has 0 fully saturated rings. The molecule has 27 heavy (non-hydrogen) atoms. The smallest absolute Gasteiger partial charge is 0.293 e. The highest BCUT2D eigenvalue weighted by Gasteiger charge is 2.25. The molecule has 0 radical (unpaired) electrons. The van der Waals surface area contributed by atoms with Gasteiger partial charge in [-0.05, 0) is 24.3 Å².